The number of aliphatic hydroxyl groups is 2. The summed E-state index contributed by atoms with van der Waals surface area (Å²) in [5.74, 6) is 3.19. The Kier molecular flexibility index (Phi) is 7.78. The van der Waals surface area contributed by atoms with Gasteiger partial charge in [0.2, 0.25) is 0 Å². The number of fused-ring (bicyclic) bond motifs is 1. The van der Waals surface area contributed by atoms with Crippen molar-refractivity contribution in [2.24, 2.45) is 0 Å². The molecule has 1 fully saturated rings. The average molecular weight is 590 g/mol. The van der Waals surface area contributed by atoms with Gasteiger partial charge in [-0.2, -0.15) is 11.8 Å². The Hall–Kier alpha value is -4.10. The molecule has 0 unspecified atom stereocenters. The minimum atomic E-state index is -1.20. The molecule has 1 aliphatic rings. The molecular weight excluding hydrogens is 558 g/mol. The number of nitrogen functional groups attached to an aromatic ring is 1. The fourth-order valence-electron chi connectivity index (χ4n) is 5.27. The van der Waals surface area contributed by atoms with Gasteiger partial charge in [-0.05, 0) is 24.6 Å². The molecule has 0 spiro atoms. The molecule has 1 aliphatic heterocycles. The van der Waals surface area contributed by atoms with Crippen molar-refractivity contribution in [1.29, 1.82) is 0 Å². The van der Waals surface area contributed by atoms with E-state index in [1.165, 1.54) is 6.33 Å². The van der Waals surface area contributed by atoms with E-state index in [4.69, 9.17) is 24.5 Å². The Morgan fingerprint density at radius 2 is 1.79 bits per heavy atom. The molecule has 2 aromatic carbocycles. The summed E-state index contributed by atoms with van der Waals surface area (Å²) in [7, 11) is 3.14. The number of hydrogen-bond donors (Lipinski definition) is 3. The van der Waals surface area contributed by atoms with Gasteiger partial charge in [0.1, 0.15) is 30.0 Å². The van der Waals surface area contributed by atoms with Crippen LogP contribution >= 0.6 is 11.8 Å². The zero-order valence-electron chi connectivity index (χ0n) is 23.3. The van der Waals surface area contributed by atoms with Gasteiger partial charge in [0, 0.05) is 34.4 Å². The number of aryl methyl sites for hydroxylation is 1. The van der Waals surface area contributed by atoms with Crippen LogP contribution in [0.5, 0.6) is 11.5 Å². The number of aliphatic hydroxyl groups excluding tert-OH is 2. The third-order valence-electron chi connectivity index (χ3n) is 7.49. The van der Waals surface area contributed by atoms with Crippen LogP contribution in [0.3, 0.4) is 0 Å². The second kappa shape index (κ2) is 11.6. The van der Waals surface area contributed by atoms with Crippen LogP contribution in [0.4, 0.5) is 5.82 Å². The van der Waals surface area contributed by atoms with Crippen molar-refractivity contribution in [2.75, 3.05) is 25.7 Å². The number of hydrogen-bond acceptors (Lipinski definition) is 11. The Bertz CT molecular complexity index is 1710. The summed E-state index contributed by atoms with van der Waals surface area (Å²) in [6.45, 7) is 1.91. The number of ether oxygens (including phenoxy) is 3. The highest BCUT2D eigenvalue weighted by Crippen LogP contribution is 2.41. The molecule has 4 N–H and O–H groups in total. The number of benzene rings is 2. The minimum absolute atomic E-state index is 0.280. The summed E-state index contributed by atoms with van der Waals surface area (Å²) < 4.78 is 24.5. The van der Waals surface area contributed by atoms with E-state index in [0.717, 1.165) is 33.7 Å². The van der Waals surface area contributed by atoms with Crippen molar-refractivity contribution in [1.82, 2.24) is 19.7 Å². The normalized spacial score (nSPS) is 20.3. The molecule has 6 rings (SSSR count). The van der Waals surface area contributed by atoms with Crippen molar-refractivity contribution in [3.63, 3.8) is 0 Å². The number of nitrogens with zero attached hydrogens (tertiary/aromatic N) is 4. The van der Waals surface area contributed by atoms with Gasteiger partial charge in [-0.25, -0.2) is 9.97 Å². The van der Waals surface area contributed by atoms with E-state index < -0.39 is 24.5 Å². The van der Waals surface area contributed by atoms with Crippen molar-refractivity contribution in [3.05, 3.63) is 72.3 Å². The van der Waals surface area contributed by atoms with Crippen LogP contribution in [-0.4, -0.2) is 68.2 Å². The van der Waals surface area contributed by atoms with Crippen LogP contribution in [0.2, 0.25) is 0 Å². The second-order valence-corrected chi connectivity index (χ2v) is 11.0. The molecule has 0 radical (unpaired) electrons. The molecule has 3 aromatic heterocycles. The number of rotatable bonds is 9. The van der Waals surface area contributed by atoms with Gasteiger partial charge < -0.3 is 39.2 Å². The molecule has 1 saturated heterocycles. The first-order valence-electron chi connectivity index (χ1n) is 13.3. The number of aromatic nitrogens is 4. The number of anilines is 1. The largest absolute Gasteiger partial charge is 0.493 e. The minimum Gasteiger partial charge on any atom is -0.493 e. The zero-order valence-corrected chi connectivity index (χ0v) is 24.1. The van der Waals surface area contributed by atoms with Gasteiger partial charge in [0.15, 0.2) is 23.5 Å². The molecule has 12 heteroatoms. The lowest BCUT2D eigenvalue weighted by molar-refractivity contribution is -0.0285. The van der Waals surface area contributed by atoms with Gasteiger partial charge in [-0.15, -0.1) is 0 Å². The Morgan fingerprint density at radius 1 is 1.00 bits per heavy atom. The summed E-state index contributed by atoms with van der Waals surface area (Å²) in [4.78, 5) is 8.65. The molecule has 218 valence electrons. The lowest BCUT2D eigenvalue weighted by Gasteiger charge is -2.17. The molecular formula is C30H31N5O6S. The molecule has 0 aliphatic carbocycles. The highest BCUT2D eigenvalue weighted by atomic mass is 32.2. The second-order valence-electron chi connectivity index (χ2n) is 9.98. The van der Waals surface area contributed by atoms with Crippen LogP contribution in [-0.2, 0) is 10.5 Å². The van der Waals surface area contributed by atoms with Crippen LogP contribution in [0.25, 0.3) is 33.5 Å². The number of thioether (sulfide) groups is 1. The standard InChI is InChI=1S/C30H31N5O6S/c1-16-20(27(41-34-16)17-7-5-4-6-8-17)13-42-14-23-25(36)26(37)30(40-23)35-12-19(24-28(31)32-15-33-29(24)35)18-9-10-21(38-2)22(11-18)39-3/h4-12,15,23,25-26,30,36-37H,13-14H2,1-3H3,(H2,31,32,33)/t23-,25-,26-,30-/m1/s1. The van der Waals surface area contributed by atoms with Gasteiger partial charge >= 0.3 is 0 Å². The topological polar surface area (TPSA) is 151 Å². The summed E-state index contributed by atoms with van der Waals surface area (Å²) in [6, 6.07) is 15.3. The Labute approximate surface area is 246 Å². The fraction of sp³-hybridized carbons (Fsp3) is 0.300. The molecule has 5 aromatic rings. The first-order valence-corrected chi connectivity index (χ1v) is 14.5. The van der Waals surface area contributed by atoms with Crippen LogP contribution in [0.15, 0.2) is 65.6 Å². The molecule has 0 bridgehead atoms. The van der Waals surface area contributed by atoms with E-state index in [2.05, 4.69) is 15.1 Å². The molecule has 4 atom stereocenters. The van der Waals surface area contributed by atoms with Crippen LogP contribution < -0.4 is 15.2 Å². The van der Waals surface area contributed by atoms with Gasteiger partial charge in [-0.3, -0.25) is 0 Å². The maximum absolute atomic E-state index is 11.1. The maximum atomic E-state index is 11.1. The third kappa shape index (κ3) is 4.96. The van der Waals surface area contributed by atoms with Crippen LogP contribution in [0.1, 0.15) is 17.5 Å². The van der Waals surface area contributed by atoms with Crippen molar-refractivity contribution in [3.8, 4) is 33.9 Å². The highest BCUT2D eigenvalue weighted by Gasteiger charge is 2.44. The van der Waals surface area contributed by atoms with E-state index in [-0.39, 0.29) is 5.82 Å². The number of methoxy groups -OCH3 is 2. The Balaban J connectivity index is 1.25. The Morgan fingerprint density at radius 3 is 2.55 bits per heavy atom. The van der Waals surface area contributed by atoms with E-state index >= 15 is 0 Å². The summed E-state index contributed by atoms with van der Waals surface area (Å²) in [6.07, 6.45) is -0.660. The highest BCUT2D eigenvalue weighted by molar-refractivity contribution is 7.98. The lowest BCUT2D eigenvalue weighted by atomic mass is 10.1. The van der Waals surface area contributed by atoms with Crippen molar-refractivity contribution >= 4 is 28.6 Å². The molecule has 4 heterocycles. The molecule has 11 nitrogen and oxygen atoms in total. The predicted molar refractivity (Wildman–Crippen MR) is 159 cm³/mol. The lowest BCUT2D eigenvalue weighted by Crippen LogP contribution is -2.32. The molecule has 0 saturated carbocycles. The maximum Gasteiger partial charge on any atom is 0.171 e. The molecule has 42 heavy (non-hydrogen) atoms. The number of nitrogens with two attached hydrogens (primary N) is 1. The first-order chi connectivity index (χ1) is 20.4. The van der Waals surface area contributed by atoms with E-state index in [9.17, 15) is 10.2 Å². The monoisotopic (exact) mass is 589 g/mol. The zero-order chi connectivity index (χ0) is 29.4. The van der Waals surface area contributed by atoms with Crippen molar-refractivity contribution in [2.45, 2.75) is 37.2 Å². The van der Waals surface area contributed by atoms with E-state index in [1.807, 2.05) is 49.4 Å². The smallest absolute Gasteiger partial charge is 0.171 e. The fourth-order valence-corrected chi connectivity index (χ4v) is 6.44. The third-order valence-corrected chi connectivity index (χ3v) is 8.55. The van der Waals surface area contributed by atoms with Gasteiger partial charge in [0.05, 0.1) is 31.4 Å². The van der Waals surface area contributed by atoms with Gasteiger partial charge in [-0.1, -0.05) is 41.6 Å². The predicted octanol–water partition coefficient (Wildman–Crippen LogP) is 4.21. The average Bonchev–Trinajstić information content (AvgIpc) is 3.67. The van der Waals surface area contributed by atoms with Gasteiger partial charge in [0.25, 0.3) is 0 Å². The van der Waals surface area contributed by atoms with Crippen molar-refractivity contribution < 1.29 is 28.9 Å². The summed E-state index contributed by atoms with van der Waals surface area (Å²) in [5.41, 5.74) is 11.0. The summed E-state index contributed by atoms with van der Waals surface area (Å²) >= 11 is 1.57. The SMILES string of the molecule is COc1ccc(-c2cn([C@@H]3O[C@H](CSCc4c(C)noc4-c4ccccc4)[C@@H](O)[C@H]3O)c3ncnc(N)c23)cc1OC. The quantitative estimate of drug-likeness (QED) is 0.227. The molecule has 0 amide bonds. The van der Waals surface area contributed by atoms with Crippen LogP contribution in [0, 0.1) is 6.92 Å². The first kappa shape index (κ1) is 28.0. The van der Waals surface area contributed by atoms with E-state index in [0.29, 0.717) is 34.0 Å². The van der Waals surface area contributed by atoms with E-state index in [1.54, 1.807) is 42.8 Å². The summed E-state index contributed by atoms with van der Waals surface area (Å²) in [5, 5.41) is 26.9.